The van der Waals surface area contributed by atoms with Crippen molar-refractivity contribution in [2.75, 3.05) is 13.6 Å². The normalized spacial score (nSPS) is 11.5. The van der Waals surface area contributed by atoms with Crippen molar-refractivity contribution in [3.8, 4) is 0 Å². The Morgan fingerprint density at radius 3 is 2.55 bits per heavy atom. The standard InChI is InChI=1S/C4H12N2.C3H4N2/c1-4(3-5)6-2;1-2-5-3-4-1/h4,6H,3,5H2,1-2H3;1-3H,(H,4,5). The smallest absolute Gasteiger partial charge is 0.0919 e. The Labute approximate surface area is 67.2 Å². The van der Waals surface area contributed by atoms with Crippen LogP contribution in [0.25, 0.3) is 0 Å². The number of imidazole rings is 1. The third kappa shape index (κ3) is 7.02. The summed E-state index contributed by atoms with van der Waals surface area (Å²) >= 11 is 0. The Kier molecular flexibility index (Phi) is 6.67. The van der Waals surface area contributed by atoms with E-state index < -0.39 is 0 Å². The molecule has 0 saturated heterocycles. The second-order valence-electron chi connectivity index (χ2n) is 2.19. The molecule has 64 valence electrons. The highest BCUT2D eigenvalue weighted by Gasteiger charge is 1.86. The number of nitrogens with two attached hydrogens (primary N) is 1. The second-order valence-corrected chi connectivity index (χ2v) is 2.19. The van der Waals surface area contributed by atoms with Gasteiger partial charge >= 0.3 is 0 Å². The number of hydrogen-bond donors (Lipinski definition) is 3. The maximum Gasteiger partial charge on any atom is 0.0919 e. The van der Waals surface area contributed by atoms with Crippen LogP contribution in [-0.2, 0) is 0 Å². The van der Waals surface area contributed by atoms with Gasteiger partial charge in [0, 0.05) is 25.0 Å². The number of aromatic amines is 1. The molecule has 0 fully saturated rings. The summed E-state index contributed by atoms with van der Waals surface area (Å²) in [5, 5.41) is 2.99. The van der Waals surface area contributed by atoms with Gasteiger partial charge in [-0.3, -0.25) is 0 Å². The number of nitrogens with one attached hydrogen (secondary N) is 2. The van der Waals surface area contributed by atoms with E-state index in [0.717, 1.165) is 6.54 Å². The molecule has 1 unspecified atom stereocenters. The van der Waals surface area contributed by atoms with Gasteiger partial charge in [0.1, 0.15) is 0 Å². The van der Waals surface area contributed by atoms with Crippen molar-refractivity contribution in [3.63, 3.8) is 0 Å². The molecule has 0 saturated carbocycles. The molecule has 0 aliphatic heterocycles. The first-order chi connectivity index (χ1) is 5.31. The van der Waals surface area contributed by atoms with Crippen molar-refractivity contribution in [1.29, 1.82) is 0 Å². The molecule has 0 aliphatic carbocycles. The highest BCUT2D eigenvalue weighted by molar-refractivity contribution is 4.64. The summed E-state index contributed by atoms with van der Waals surface area (Å²) in [4.78, 5) is 6.42. The minimum atomic E-state index is 0.463. The molecule has 0 aromatic carbocycles. The van der Waals surface area contributed by atoms with E-state index in [9.17, 15) is 0 Å². The Morgan fingerprint density at radius 1 is 1.73 bits per heavy atom. The average molecular weight is 156 g/mol. The van der Waals surface area contributed by atoms with Crippen molar-refractivity contribution >= 4 is 0 Å². The first-order valence-corrected chi connectivity index (χ1v) is 3.61. The minimum Gasteiger partial charge on any atom is -0.351 e. The molecule has 0 bridgehead atoms. The lowest BCUT2D eigenvalue weighted by Crippen LogP contribution is -2.29. The van der Waals surface area contributed by atoms with Crippen LogP contribution in [-0.4, -0.2) is 29.6 Å². The van der Waals surface area contributed by atoms with E-state index in [0.29, 0.717) is 6.04 Å². The molecule has 1 aromatic heterocycles. The number of likely N-dealkylation sites (N-methyl/N-ethyl adjacent to an activating group) is 1. The Morgan fingerprint density at radius 2 is 2.45 bits per heavy atom. The molecule has 4 nitrogen and oxygen atoms in total. The SMILES string of the molecule is CNC(C)CN.c1c[nH]cn1. The van der Waals surface area contributed by atoms with Crippen LogP contribution >= 0.6 is 0 Å². The zero-order valence-electron chi connectivity index (χ0n) is 7.04. The molecule has 0 radical (unpaired) electrons. The number of hydrogen-bond acceptors (Lipinski definition) is 3. The minimum absolute atomic E-state index is 0.463. The third-order valence-corrected chi connectivity index (χ3v) is 1.25. The molecule has 0 aliphatic rings. The summed E-state index contributed by atoms with van der Waals surface area (Å²) in [6.45, 7) is 2.76. The highest BCUT2D eigenvalue weighted by Crippen LogP contribution is 1.67. The van der Waals surface area contributed by atoms with Gasteiger partial charge in [-0.2, -0.15) is 0 Å². The second kappa shape index (κ2) is 7.24. The fourth-order valence-corrected chi connectivity index (χ4v) is 0.333. The van der Waals surface area contributed by atoms with Gasteiger partial charge in [-0.05, 0) is 14.0 Å². The first kappa shape index (κ1) is 10.1. The fraction of sp³-hybridized carbons (Fsp3) is 0.571. The predicted molar refractivity (Wildman–Crippen MR) is 46.2 cm³/mol. The van der Waals surface area contributed by atoms with Gasteiger partial charge in [-0.15, -0.1) is 0 Å². The zero-order valence-corrected chi connectivity index (χ0v) is 7.04. The molecule has 0 spiro atoms. The molecular formula is C7H16N4. The van der Waals surface area contributed by atoms with Crippen LogP contribution < -0.4 is 11.1 Å². The van der Waals surface area contributed by atoms with Crippen molar-refractivity contribution in [3.05, 3.63) is 18.7 Å². The van der Waals surface area contributed by atoms with Crippen LogP contribution in [0.2, 0.25) is 0 Å². The Bertz CT molecular complexity index is 117. The number of aromatic nitrogens is 2. The maximum atomic E-state index is 5.22. The van der Waals surface area contributed by atoms with Gasteiger partial charge in [0.25, 0.3) is 0 Å². The van der Waals surface area contributed by atoms with E-state index in [-0.39, 0.29) is 0 Å². The van der Waals surface area contributed by atoms with Gasteiger partial charge in [0.15, 0.2) is 0 Å². The van der Waals surface area contributed by atoms with Gasteiger partial charge in [-0.25, -0.2) is 4.98 Å². The van der Waals surface area contributed by atoms with Gasteiger partial charge < -0.3 is 16.0 Å². The quantitative estimate of drug-likeness (QED) is 0.563. The van der Waals surface area contributed by atoms with E-state index in [4.69, 9.17) is 5.73 Å². The maximum absolute atomic E-state index is 5.22. The summed E-state index contributed by atoms with van der Waals surface area (Å²) in [7, 11) is 1.90. The van der Waals surface area contributed by atoms with E-state index in [1.54, 1.807) is 18.7 Å². The molecule has 4 N–H and O–H groups in total. The van der Waals surface area contributed by atoms with Gasteiger partial charge in [-0.1, -0.05) is 0 Å². The van der Waals surface area contributed by atoms with Gasteiger partial charge in [0.05, 0.1) is 6.33 Å². The summed E-state index contributed by atoms with van der Waals surface area (Å²) in [6.07, 6.45) is 5.08. The molecular weight excluding hydrogens is 140 g/mol. The van der Waals surface area contributed by atoms with E-state index in [2.05, 4.69) is 15.3 Å². The predicted octanol–water partition coefficient (Wildman–Crippen LogP) is -0.0373. The van der Waals surface area contributed by atoms with E-state index >= 15 is 0 Å². The molecule has 1 heterocycles. The summed E-state index contributed by atoms with van der Waals surface area (Å²) in [6, 6.07) is 0.463. The molecule has 1 atom stereocenters. The van der Waals surface area contributed by atoms with E-state index in [1.165, 1.54) is 0 Å². The lowest BCUT2D eigenvalue weighted by molar-refractivity contribution is 0.621. The van der Waals surface area contributed by atoms with Crippen LogP contribution in [0, 0.1) is 0 Å². The van der Waals surface area contributed by atoms with Crippen LogP contribution in [0.15, 0.2) is 18.7 Å². The first-order valence-electron chi connectivity index (χ1n) is 3.61. The lowest BCUT2D eigenvalue weighted by Gasteiger charge is -2.02. The highest BCUT2D eigenvalue weighted by atomic mass is 14.9. The van der Waals surface area contributed by atoms with Crippen molar-refractivity contribution < 1.29 is 0 Å². The monoisotopic (exact) mass is 156 g/mol. The molecule has 1 aromatic rings. The van der Waals surface area contributed by atoms with Gasteiger partial charge in [0.2, 0.25) is 0 Å². The topological polar surface area (TPSA) is 66.7 Å². The molecule has 4 heteroatoms. The number of rotatable bonds is 2. The molecule has 0 amide bonds. The average Bonchev–Trinajstić information content (AvgIpc) is 2.60. The lowest BCUT2D eigenvalue weighted by atomic mass is 10.4. The van der Waals surface area contributed by atoms with Crippen molar-refractivity contribution in [2.24, 2.45) is 5.73 Å². The van der Waals surface area contributed by atoms with E-state index in [1.807, 2.05) is 14.0 Å². The van der Waals surface area contributed by atoms with Crippen LogP contribution in [0.1, 0.15) is 6.92 Å². The van der Waals surface area contributed by atoms with Crippen LogP contribution in [0.3, 0.4) is 0 Å². The fourth-order valence-electron chi connectivity index (χ4n) is 0.333. The summed E-state index contributed by atoms with van der Waals surface area (Å²) < 4.78 is 0. The largest absolute Gasteiger partial charge is 0.351 e. The summed E-state index contributed by atoms with van der Waals surface area (Å²) in [5.41, 5.74) is 5.22. The summed E-state index contributed by atoms with van der Waals surface area (Å²) in [5.74, 6) is 0. The Hall–Kier alpha value is -0.870. The van der Waals surface area contributed by atoms with Crippen LogP contribution in [0.4, 0.5) is 0 Å². The third-order valence-electron chi connectivity index (χ3n) is 1.25. The Balaban J connectivity index is 0.000000183. The number of H-pyrrole nitrogens is 1. The zero-order chi connectivity index (χ0) is 8.53. The molecule has 11 heavy (non-hydrogen) atoms. The molecule has 1 rings (SSSR count). The van der Waals surface area contributed by atoms with Crippen molar-refractivity contribution in [1.82, 2.24) is 15.3 Å². The van der Waals surface area contributed by atoms with Crippen LogP contribution in [0.5, 0.6) is 0 Å². The number of nitrogens with zero attached hydrogens (tertiary/aromatic N) is 1. The van der Waals surface area contributed by atoms with Crippen molar-refractivity contribution in [2.45, 2.75) is 13.0 Å².